The molecule has 3 aromatic heterocycles. The van der Waals surface area contributed by atoms with Crippen molar-refractivity contribution in [2.45, 2.75) is 113 Å². The number of benzene rings is 3. The summed E-state index contributed by atoms with van der Waals surface area (Å²) in [6.45, 7) is 20.8. The molecule has 0 unspecified atom stereocenters. The molecule has 29 nitrogen and oxygen atoms in total. The molecule has 3 aliphatic rings. The molecule has 3 aromatic carbocycles. The summed E-state index contributed by atoms with van der Waals surface area (Å²) in [5.74, 6) is -1.42. The molecule has 0 radical (unpaired) electrons. The monoisotopic (exact) mass is 1520 g/mol. The Labute approximate surface area is 607 Å². The predicted molar refractivity (Wildman–Crippen MR) is 392 cm³/mol. The summed E-state index contributed by atoms with van der Waals surface area (Å²) in [5.41, 5.74) is 0.412. The minimum Gasteiger partial charge on any atom is -0.505 e. The van der Waals surface area contributed by atoms with Gasteiger partial charge in [0.25, 0.3) is 53.7 Å². The largest absolute Gasteiger partial charge is 0.505 e. The lowest BCUT2D eigenvalue weighted by Gasteiger charge is -2.31. The van der Waals surface area contributed by atoms with Gasteiger partial charge in [-0.1, -0.05) is 73.6 Å². The zero-order chi connectivity index (χ0) is 78.7. The Bertz CT molecular complexity index is 4880. The highest BCUT2D eigenvalue weighted by Crippen LogP contribution is 2.42. The fourth-order valence-electron chi connectivity index (χ4n) is 10.5. The second-order valence-corrected chi connectivity index (χ2v) is 31.9. The van der Waals surface area contributed by atoms with Gasteiger partial charge < -0.3 is 69.4 Å². The average molecular weight is 1520 g/mol. The van der Waals surface area contributed by atoms with Crippen molar-refractivity contribution >= 4 is 88.3 Å². The number of likely N-dealkylation sites (N-methyl/N-ethyl adjacent to an activating group) is 1. The Morgan fingerprint density at radius 2 is 1.09 bits per heavy atom. The number of hydrogen-bond donors (Lipinski definition) is 9. The Hall–Kier alpha value is -10.6. The number of nitrogens with zero attached hydrogens (tertiary/aromatic N) is 7. The molecule has 3 aliphatic heterocycles. The standard InChI is InChI=1S/C25H33N5O6S.C23H27F3N4O5S.C22H28N4O5S/c1-8-17(19-12-15(13-36-19)14(2)3)27-23-20(22(25(33)30(6)7)37(34,35)28-23)26-18-11-9-10-16(21(18)31)24(32)29(4)5;1-11(2)17(16-10-12(3)13(4)35-16)28-21-18(20(23(24,25)26)36(33,34)29-21)27-15-9-7-8-14(19(15)31)22(32)30(5)6;1-13-10-11-17(31-13)19(22(2,3)4)23-16-12-32(29,30)25-20(16)24-15-9-7-8-14(18(15)27)21(28)26(5)6/h9-14,17,26,31H,8H2,1-7H3,(H,27,28);7-11,17,27,31H,1-6H3,(H,28,29);7-12,19,23,27H,1-6H3,(H,24,25)/t2*17-;19-/m110/s1. The first-order chi connectivity index (χ1) is 48.6. The number of hydrogen-bond acceptors (Lipinski definition) is 22. The van der Waals surface area contributed by atoms with E-state index in [0.717, 1.165) is 27.2 Å². The fourth-order valence-corrected chi connectivity index (χ4v) is 14.0. The number of alkyl halides is 3. The summed E-state index contributed by atoms with van der Waals surface area (Å²) < 4.78 is 143. The number of phenolic OH excluding ortho intramolecular Hbond substituents is 3. The number of carbonyl (C=O) groups is 4. The van der Waals surface area contributed by atoms with Crippen LogP contribution in [0, 0.1) is 32.1 Å². The zero-order valence-corrected chi connectivity index (χ0v) is 63.8. The molecule has 35 heteroatoms. The normalized spacial score (nSPS) is 16.8. The summed E-state index contributed by atoms with van der Waals surface area (Å²) in [4.78, 5) is 61.5. The van der Waals surface area contributed by atoms with Gasteiger partial charge in [-0.05, 0) is 116 Å². The number of anilines is 3. The van der Waals surface area contributed by atoms with E-state index in [4.69, 9.17) is 13.3 Å². The number of para-hydroxylation sites is 3. The van der Waals surface area contributed by atoms with Gasteiger partial charge in [0, 0.05) is 56.4 Å². The number of carbonyl (C=O) groups excluding carboxylic acids is 4. The number of amides is 4. The van der Waals surface area contributed by atoms with Gasteiger partial charge in [-0.15, -0.1) is 4.40 Å². The highest BCUT2D eigenvalue weighted by molar-refractivity contribution is 7.95. The number of aromatic hydroxyl groups is 3. The molecule has 0 saturated heterocycles. The molecule has 4 amide bonds. The van der Waals surface area contributed by atoms with Crippen LogP contribution in [0.3, 0.4) is 0 Å². The van der Waals surface area contributed by atoms with Crippen molar-refractivity contribution in [1.29, 1.82) is 0 Å². The van der Waals surface area contributed by atoms with Gasteiger partial charge in [0.15, 0.2) is 44.6 Å². The lowest BCUT2D eigenvalue weighted by Crippen LogP contribution is -2.35. The second kappa shape index (κ2) is 31.8. The molecule has 0 bridgehead atoms. The molecule has 0 saturated carbocycles. The topological polar surface area (TPSA) is 393 Å². The molecule has 0 aliphatic carbocycles. The van der Waals surface area contributed by atoms with Crippen LogP contribution in [0.4, 0.5) is 30.2 Å². The number of aliphatic imine (C=N–C) groups is 2. The van der Waals surface area contributed by atoms with Gasteiger partial charge in [-0.3, -0.25) is 38.6 Å². The lowest BCUT2D eigenvalue weighted by atomic mass is 9.85. The minimum atomic E-state index is -5.29. The van der Waals surface area contributed by atoms with Gasteiger partial charge in [-0.25, -0.2) is 16.8 Å². The van der Waals surface area contributed by atoms with E-state index in [2.05, 4.69) is 40.4 Å². The summed E-state index contributed by atoms with van der Waals surface area (Å²) >= 11 is 0. The van der Waals surface area contributed by atoms with Crippen LogP contribution >= 0.6 is 0 Å². The maximum atomic E-state index is 14.0. The van der Waals surface area contributed by atoms with Crippen molar-refractivity contribution in [1.82, 2.24) is 34.4 Å². The van der Waals surface area contributed by atoms with E-state index >= 15 is 0 Å². The van der Waals surface area contributed by atoms with Crippen LogP contribution in [0.15, 0.2) is 145 Å². The molecule has 568 valence electrons. The molecular weight excluding hydrogens is 1430 g/mol. The lowest BCUT2D eigenvalue weighted by molar-refractivity contribution is -0.124. The van der Waals surface area contributed by atoms with Crippen LogP contribution in [0.5, 0.6) is 17.2 Å². The van der Waals surface area contributed by atoms with Crippen molar-refractivity contribution in [3.05, 3.63) is 174 Å². The third-order valence-electron chi connectivity index (χ3n) is 16.2. The van der Waals surface area contributed by atoms with Crippen molar-refractivity contribution in [2.24, 2.45) is 25.7 Å². The molecule has 3 atom stereocenters. The van der Waals surface area contributed by atoms with E-state index in [1.165, 1.54) is 91.4 Å². The highest BCUT2D eigenvalue weighted by Gasteiger charge is 2.52. The van der Waals surface area contributed by atoms with E-state index in [-0.39, 0.29) is 91.8 Å². The summed E-state index contributed by atoms with van der Waals surface area (Å²) in [6, 6.07) is 18.4. The fraction of sp³-hybridized carbons (Fsp3) is 0.386. The van der Waals surface area contributed by atoms with Gasteiger partial charge in [0.1, 0.15) is 52.3 Å². The number of phenols is 3. The predicted octanol–water partition coefficient (Wildman–Crippen LogP) is 10.6. The van der Waals surface area contributed by atoms with Crippen LogP contribution in [0.2, 0.25) is 0 Å². The number of sulfonamides is 3. The number of aryl methyl sites for hydroxylation is 3. The number of amidine groups is 3. The number of furan rings is 3. The van der Waals surface area contributed by atoms with Crippen LogP contribution in [-0.4, -0.2) is 164 Å². The van der Waals surface area contributed by atoms with Crippen molar-refractivity contribution in [2.75, 3.05) is 72.3 Å². The Morgan fingerprint density at radius 3 is 1.50 bits per heavy atom. The van der Waals surface area contributed by atoms with Crippen LogP contribution in [0.1, 0.15) is 157 Å². The van der Waals surface area contributed by atoms with E-state index in [1.807, 2.05) is 71.4 Å². The zero-order valence-electron chi connectivity index (χ0n) is 61.4. The Kier molecular flexibility index (Phi) is 24.8. The van der Waals surface area contributed by atoms with Crippen molar-refractivity contribution < 1.29 is 86.2 Å². The first kappa shape index (κ1) is 81.7. The van der Waals surface area contributed by atoms with Crippen LogP contribution < -0.4 is 30.7 Å². The van der Waals surface area contributed by atoms with E-state index < -0.39 is 98.9 Å². The molecule has 105 heavy (non-hydrogen) atoms. The maximum absolute atomic E-state index is 14.0. The van der Waals surface area contributed by atoms with Gasteiger partial charge in [0.2, 0.25) is 0 Å². The minimum absolute atomic E-state index is 0.00613. The Balaban J connectivity index is 0.000000221. The first-order valence-corrected chi connectivity index (χ1v) is 37.0. The molecule has 9 N–H and O–H groups in total. The molecule has 0 fully saturated rings. The maximum Gasteiger partial charge on any atom is 0.431 e. The van der Waals surface area contributed by atoms with Crippen molar-refractivity contribution in [3.8, 4) is 17.2 Å². The molecule has 6 aromatic rings. The van der Waals surface area contributed by atoms with Crippen LogP contribution in [0.25, 0.3) is 0 Å². The van der Waals surface area contributed by atoms with Crippen molar-refractivity contribution in [3.63, 3.8) is 0 Å². The molecular formula is C70H88F3N13O16S3. The van der Waals surface area contributed by atoms with E-state index in [9.17, 15) is 72.9 Å². The summed E-state index contributed by atoms with van der Waals surface area (Å²) in [6.07, 6.45) is -3.16. The smallest absolute Gasteiger partial charge is 0.431 e. The number of nitrogens with one attached hydrogen (secondary N) is 6. The van der Waals surface area contributed by atoms with Crippen LogP contribution in [-0.2, 0) is 34.9 Å². The number of rotatable bonds is 19. The SMILES string of the molecule is CC[C@@H](N=C1NS(=O)(=O)C(C(=O)N(C)C)=C1Nc1cccc(C(=O)N(C)C)c1O)c1cc(C(C)C)co1.Cc1cc([C@H](N=C2NS(=O)(=O)C(C(F)(F)F)=C2Nc2cccc(C(=O)N(C)C)c2O)C(C)C)oc1C.Cc1ccc([C@H](NC2=CS(=O)(=O)N=C2Nc2cccc(C(=O)N(C)C)c2O)C(C)(C)C)o1. The summed E-state index contributed by atoms with van der Waals surface area (Å²) in [5, 5.41) is 44.4. The van der Waals surface area contributed by atoms with E-state index in [1.54, 1.807) is 74.3 Å². The molecule has 6 heterocycles. The summed E-state index contributed by atoms with van der Waals surface area (Å²) in [7, 11) is -1.25. The van der Waals surface area contributed by atoms with Gasteiger partial charge in [0.05, 0.1) is 57.2 Å². The quantitative estimate of drug-likeness (QED) is 0.0340. The van der Waals surface area contributed by atoms with E-state index in [0.29, 0.717) is 29.5 Å². The first-order valence-electron chi connectivity index (χ1n) is 32.6. The Morgan fingerprint density at radius 1 is 0.610 bits per heavy atom. The average Bonchev–Trinajstić information content (AvgIpc) is 1.61. The molecule has 9 rings (SSSR count). The highest BCUT2D eigenvalue weighted by atomic mass is 32.2. The number of halogens is 3. The van der Waals surface area contributed by atoms with Gasteiger partial charge in [-0.2, -0.15) is 21.6 Å². The second-order valence-electron chi connectivity index (χ2n) is 27.2. The third-order valence-corrected chi connectivity index (χ3v) is 20.0. The number of allylic oxidation sites excluding steroid dienone is 1. The molecule has 0 spiro atoms. The third kappa shape index (κ3) is 18.9. The van der Waals surface area contributed by atoms with Gasteiger partial charge >= 0.3 is 6.18 Å².